The van der Waals surface area contributed by atoms with Crippen molar-refractivity contribution in [3.05, 3.63) is 59.4 Å². The van der Waals surface area contributed by atoms with Gasteiger partial charge in [-0.2, -0.15) is 8.78 Å². The van der Waals surface area contributed by atoms with Gasteiger partial charge in [-0.15, -0.1) is 0 Å². The van der Waals surface area contributed by atoms with Gasteiger partial charge in [-0.1, -0.05) is 6.07 Å². The Labute approximate surface area is 164 Å². The number of alkyl halides is 2. The number of carbonyl (C=O) groups is 1. The Morgan fingerprint density at radius 3 is 2.45 bits per heavy atom. The maximum absolute atomic E-state index is 13.6. The molecule has 0 fully saturated rings. The van der Waals surface area contributed by atoms with E-state index in [1.165, 1.54) is 19.2 Å². The Balaban J connectivity index is 2.13. The van der Waals surface area contributed by atoms with Crippen LogP contribution in [0.5, 0.6) is 0 Å². The number of hydrogen-bond acceptors (Lipinski definition) is 5. The van der Waals surface area contributed by atoms with Crippen molar-refractivity contribution in [2.45, 2.75) is 26.4 Å². The first-order valence-electron chi connectivity index (χ1n) is 8.34. The number of halogens is 4. The predicted octanol–water partition coefficient (Wildman–Crippen LogP) is 2.10. The van der Waals surface area contributed by atoms with Crippen molar-refractivity contribution in [2.24, 2.45) is 0 Å². The SMILES string of the molecule is CCS(=O)(=O)N(Cc1ccc(CNNC(=O)C(F)F)cn1)c1ccc(F)c(F)c1. The van der Waals surface area contributed by atoms with Crippen molar-refractivity contribution < 1.29 is 30.8 Å². The Morgan fingerprint density at radius 1 is 1.17 bits per heavy atom. The van der Waals surface area contributed by atoms with Crippen LogP contribution in [0.4, 0.5) is 23.2 Å². The molecule has 29 heavy (non-hydrogen) atoms. The van der Waals surface area contributed by atoms with Crippen molar-refractivity contribution in [2.75, 3.05) is 10.1 Å². The average molecular weight is 434 g/mol. The number of carbonyl (C=O) groups excluding carboxylic acids is 1. The third kappa shape index (κ3) is 6.12. The number of nitrogens with one attached hydrogen (secondary N) is 2. The zero-order chi connectivity index (χ0) is 21.6. The highest BCUT2D eigenvalue weighted by molar-refractivity contribution is 7.92. The number of aromatic nitrogens is 1. The van der Waals surface area contributed by atoms with Gasteiger partial charge in [0.25, 0.3) is 0 Å². The zero-order valence-corrected chi connectivity index (χ0v) is 16.0. The Morgan fingerprint density at radius 2 is 1.90 bits per heavy atom. The summed E-state index contributed by atoms with van der Waals surface area (Å²) in [4.78, 5) is 14.8. The van der Waals surface area contributed by atoms with Crippen LogP contribution in [-0.2, 0) is 27.9 Å². The molecule has 0 spiro atoms. The molecule has 2 aromatic rings. The molecule has 0 aliphatic carbocycles. The number of benzene rings is 1. The molecule has 0 saturated carbocycles. The highest BCUT2D eigenvalue weighted by atomic mass is 32.2. The molecule has 7 nitrogen and oxygen atoms in total. The second-order valence-electron chi connectivity index (χ2n) is 5.81. The summed E-state index contributed by atoms with van der Waals surface area (Å²) in [6.07, 6.45) is -1.79. The van der Waals surface area contributed by atoms with Crippen molar-refractivity contribution >= 4 is 21.6 Å². The Bertz CT molecular complexity index is 956. The summed E-state index contributed by atoms with van der Waals surface area (Å²) >= 11 is 0. The minimum Gasteiger partial charge on any atom is -0.286 e. The van der Waals surface area contributed by atoms with Crippen LogP contribution in [0.15, 0.2) is 36.5 Å². The summed E-state index contributed by atoms with van der Waals surface area (Å²) in [5.41, 5.74) is 4.92. The molecule has 1 aromatic carbocycles. The first kappa shape index (κ1) is 22.6. The van der Waals surface area contributed by atoms with Gasteiger partial charge in [0.15, 0.2) is 11.6 Å². The molecule has 2 rings (SSSR count). The van der Waals surface area contributed by atoms with Crippen LogP contribution in [0.1, 0.15) is 18.2 Å². The van der Waals surface area contributed by atoms with E-state index in [0.29, 0.717) is 11.3 Å². The lowest BCUT2D eigenvalue weighted by Gasteiger charge is -2.23. The fourth-order valence-corrected chi connectivity index (χ4v) is 3.31. The molecule has 0 saturated heterocycles. The van der Waals surface area contributed by atoms with Crippen molar-refractivity contribution in [1.29, 1.82) is 0 Å². The number of anilines is 1. The molecule has 0 unspecified atom stereocenters. The number of nitrogens with zero attached hydrogens (tertiary/aromatic N) is 2. The first-order chi connectivity index (χ1) is 13.6. The van der Waals surface area contributed by atoms with Gasteiger partial charge in [0.2, 0.25) is 10.0 Å². The van der Waals surface area contributed by atoms with E-state index in [2.05, 4.69) is 10.4 Å². The first-order valence-corrected chi connectivity index (χ1v) is 9.95. The van der Waals surface area contributed by atoms with E-state index >= 15 is 0 Å². The van der Waals surface area contributed by atoms with Crippen molar-refractivity contribution in [3.63, 3.8) is 0 Å². The van der Waals surface area contributed by atoms with Crippen LogP contribution in [0, 0.1) is 11.6 Å². The molecule has 0 bridgehead atoms. The second-order valence-corrected chi connectivity index (χ2v) is 7.99. The molecule has 1 heterocycles. The lowest BCUT2D eigenvalue weighted by molar-refractivity contribution is -0.132. The molecular weight excluding hydrogens is 416 g/mol. The molecule has 0 aliphatic rings. The van der Waals surface area contributed by atoms with E-state index in [1.807, 2.05) is 5.43 Å². The zero-order valence-electron chi connectivity index (χ0n) is 15.2. The largest absolute Gasteiger partial charge is 0.316 e. The molecule has 0 aliphatic heterocycles. The summed E-state index contributed by atoms with van der Waals surface area (Å²) in [5.74, 6) is -4.02. The van der Waals surface area contributed by atoms with Gasteiger partial charge in [-0.25, -0.2) is 22.6 Å². The van der Waals surface area contributed by atoms with Crippen LogP contribution in [0.25, 0.3) is 0 Å². The smallest absolute Gasteiger partial charge is 0.286 e. The summed E-state index contributed by atoms with van der Waals surface area (Å²) in [5, 5.41) is 0. The molecule has 1 aromatic heterocycles. The van der Waals surface area contributed by atoms with E-state index < -0.39 is 34.0 Å². The fraction of sp³-hybridized carbons (Fsp3) is 0.294. The normalized spacial score (nSPS) is 11.5. The van der Waals surface area contributed by atoms with E-state index in [1.54, 1.807) is 6.07 Å². The maximum atomic E-state index is 13.6. The highest BCUT2D eigenvalue weighted by Crippen LogP contribution is 2.23. The van der Waals surface area contributed by atoms with Gasteiger partial charge >= 0.3 is 12.3 Å². The standard InChI is InChI=1S/C17H18F4N4O3S/c1-2-29(27,28)25(13-5-6-14(18)15(19)7-13)10-12-4-3-11(8-22-12)9-23-24-17(26)16(20)21/h3-8,16,23H,2,9-10H2,1H3,(H,24,26). The van der Waals surface area contributed by atoms with Crippen LogP contribution in [-0.4, -0.2) is 31.5 Å². The number of rotatable bonds is 9. The van der Waals surface area contributed by atoms with E-state index in [9.17, 15) is 30.8 Å². The topological polar surface area (TPSA) is 91.4 Å². The maximum Gasteiger partial charge on any atom is 0.316 e. The van der Waals surface area contributed by atoms with Crippen LogP contribution in [0.2, 0.25) is 0 Å². The Hall–Kier alpha value is -2.73. The molecular formula is C17H18F4N4O3S. The van der Waals surface area contributed by atoms with Crippen LogP contribution < -0.4 is 15.2 Å². The number of pyridine rings is 1. The highest BCUT2D eigenvalue weighted by Gasteiger charge is 2.22. The van der Waals surface area contributed by atoms with Crippen LogP contribution in [0.3, 0.4) is 0 Å². The number of hydrazine groups is 1. The summed E-state index contributed by atoms with van der Waals surface area (Å²) in [7, 11) is -3.81. The molecule has 0 atom stereocenters. The minimum atomic E-state index is -3.81. The fourth-order valence-electron chi connectivity index (χ4n) is 2.23. The van der Waals surface area contributed by atoms with Gasteiger partial charge in [-0.05, 0) is 30.7 Å². The van der Waals surface area contributed by atoms with Crippen LogP contribution >= 0.6 is 0 Å². The van der Waals surface area contributed by atoms with E-state index in [-0.39, 0.29) is 24.5 Å². The van der Waals surface area contributed by atoms with Crippen molar-refractivity contribution in [3.8, 4) is 0 Å². The predicted molar refractivity (Wildman–Crippen MR) is 97.2 cm³/mol. The van der Waals surface area contributed by atoms with Crippen molar-refractivity contribution in [1.82, 2.24) is 15.8 Å². The number of hydrogen-bond donors (Lipinski definition) is 2. The van der Waals surface area contributed by atoms with Gasteiger partial charge in [0, 0.05) is 18.8 Å². The molecule has 158 valence electrons. The summed E-state index contributed by atoms with van der Waals surface area (Å²) < 4.78 is 76.6. The monoisotopic (exact) mass is 434 g/mol. The van der Waals surface area contributed by atoms with Gasteiger partial charge in [0.1, 0.15) is 0 Å². The average Bonchev–Trinajstić information content (AvgIpc) is 2.69. The van der Waals surface area contributed by atoms with Gasteiger partial charge in [-0.3, -0.25) is 19.5 Å². The van der Waals surface area contributed by atoms with Gasteiger partial charge < -0.3 is 0 Å². The number of amides is 1. The lowest BCUT2D eigenvalue weighted by Crippen LogP contribution is -2.40. The quantitative estimate of drug-likeness (QED) is 0.466. The third-order valence-corrected chi connectivity index (χ3v) is 5.53. The minimum absolute atomic E-state index is 0.00584. The molecule has 1 amide bonds. The van der Waals surface area contributed by atoms with Gasteiger partial charge in [0.05, 0.1) is 23.7 Å². The van der Waals surface area contributed by atoms with E-state index in [0.717, 1.165) is 22.5 Å². The number of sulfonamides is 1. The molecule has 2 N–H and O–H groups in total. The molecule has 0 radical (unpaired) electrons. The van der Waals surface area contributed by atoms with E-state index in [4.69, 9.17) is 0 Å². The summed E-state index contributed by atoms with van der Waals surface area (Å²) in [6, 6.07) is 5.80. The third-order valence-electron chi connectivity index (χ3n) is 3.79. The summed E-state index contributed by atoms with van der Waals surface area (Å²) in [6.45, 7) is 1.20. The molecule has 12 heteroatoms. The second kappa shape index (κ2) is 9.65. The Kier molecular flexibility index (Phi) is 7.51. The lowest BCUT2D eigenvalue weighted by atomic mass is 10.2.